The summed E-state index contributed by atoms with van der Waals surface area (Å²) in [6.07, 6.45) is 1.48. The van der Waals surface area contributed by atoms with Gasteiger partial charge in [0.25, 0.3) is 0 Å². The van der Waals surface area contributed by atoms with Crippen LogP contribution in [-0.2, 0) is 27.8 Å². The van der Waals surface area contributed by atoms with Crippen molar-refractivity contribution in [3.63, 3.8) is 0 Å². The van der Waals surface area contributed by atoms with Crippen molar-refractivity contribution in [1.29, 1.82) is 0 Å². The molecule has 6 nitrogen and oxygen atoms in total. The zero-order valence-corrected chi connectivity index (χ0v) is 14.1. The van der Waals surface area contributed by atoms with Crippen molar-refractivity contribution in [1.82, 2.24) is 5.32 Å². The molecule has 2 rings (SSSR count). The minimum Gasteiger partial charge on any atom is -0.480 e. The van der Waals surface area contributed by atoms with Crippen LogP contribution in [-0.4, -0.2) is 31.8 Å². The van der Waals surface area contributed by atoms with Crippen LogP contribution in [0.5, 0.6) is 0 Å². The van der Waals surface area contributed by atoms with E-state index in [0.717, 1.165) is 17.4 Å². The molecule has 0 radical (unpaired) electrons. The Kier molecular flexibility index (Phi) is 5.94. The Labute approximate surface area is 141 Å². The van der Waals surface area contributed by atoms with E-state index in [1.807, 2.05) is 30.3 Å². The van der Waals surface area contributed by atoms with Crippen LogP contribution >= 0.6 is 0 Å². The molecule has 0 fully saturated rings. The van der Waals surface area contributed by atoms with Crippen LogP contribution in [0.25, 0.3) is 0 Å². The van der Waals surface area contributed by atoms with E-state index in [1.54, 1.807) is 24.3 Å². The van der Waals surface area contributed by atoms with Crippen LogP contribution in [0.2, 0.25) is 0 Å². The van der Waals surface area contributed by atoms with Gasteiger partial charge in [-0.15, -0.1) is 0 Å². The maximum Gasteiger partial charge on any atom is 0.321 e. The van der Waals surface area contributed by atoms with Crippen molar-refractivity contribution in [2.75, 3.05) is 11.0 Å². The highest BCUT2D eigenvalue weighted by atomic mass is 32.2. The van der Waals surface area contributed by atoms with Gasteiger partial charge in [0.05, 0.1) is 6.26 Å². The molecule has 0 aliphatic rings. The molecular weight excluding hydrogens is 328 g/mol. The second-order valence-corrected chi connectivity index (χ2v) is 7.28. The molecule has 0 spiro atoms. The fraction of sp³-hybridized carbons (Fsp3) is 0.235. The molecule has 0 saturated heterocycles. The van der Waals surface area contributed by atoms with E-state index in [2.05, 4.69) is 10.0 Å². The Hall–Kier alpha value is -2.38. The first-order valence-electron chi connectivity index (χ1n) is 7.40. The lowest BCUT2D eigenvalue weighted by Gasteiger charge is -2.15. The molecule has 0 saturated carbocycles. The van der Waals surface area contributed by atoms with Gasteiger partial charge >= 0.3 is 5.97 Å². The first kappa shape index (κ1) is 18.0. The summed E-state index contributed by atoms with van der Waals surface area (Å²) in [6, 6.07) is 15.5. The third kappa shape index (κ3) is 6.02. The highest BCUT2D eigenvalue weighted by molar-refractivity contribution is 7.92. The largest absolute Gasteiger partial charge is 0.480 e. The van der Waals surface area contributed by atoms with Crippen LogP contribution < -0.4 is 10.0 Å². The van der Waals surface area contributed by atoms with Gasteiger partial charge in [0.1, 0.15) is 6.04 Å². The van der Waals surface area contributed by atoms with Gasteiger partial charge < -0.3 is 10.4 Å². The van der Waals surface area contributed by atoms with Crippen molar-refractivity contribution in [3.05, 3.63) is 65.7 Å². The average Bonchev–Trinajstić information content (AvgIpc) is 2.52. The number of sulfonamides is 1. The Morgan fingerprint density at radius 1 is 1.04 bits per heavy atom. The van der Waals surface area contributed by atoms with Gasteiger partial charge in [0.2, 0.25) is 10.0 Å². The molecular formula is C17H20N2O4S. The van der Waals surface area contributed by atoms with Crippen molar-refractivity contribution in [3.8, 4) is 0 Å². The van der Waals surface area contributed by atoms with Crippen molar-refractivity contribution in [2.24, 2.45) is 0 Å². The molecule has 0 aromatic heterocycles. The van der Waals surface area contributed by atoms with Crippen molar-refractivity contribution >= 4 is 21.7 Å². The minimum absolute atomic E-state index is 0.378. The molecule has 0 aliphatic carbocycles. The molecule has 0 heterocycles. The first-order valence-corrected chi connectivity index (χ1v) is 9.29. The third-order valence-corrected chi connectivity index (χ3v) is 4.00. The predicted molar refractivity (Wildman–Crippen MR) is 93.3 cm³/mol. The van der Waals surface area contributed by atoms with Crippen LogP contribution in [0.15, 0.2) is 54.6 Å². The zero-order valence-electron chi connectivity index (χ0n) is 13.3. The number of carboxylic acids is 1. The molecule has 2 aromatic carbocycles. The summed E-state index contributed by atoms with van der Waals surface area (Å²) < 4.78 is 24.7. The molecule has 0 aliphatic heterocycles. The smallest absolute Gasteiger partial charge is 0.321 e. The normalized spacial score (nSPS) is 12.5. The zero-order chi connectivity index (χ0) is 17.6. The predicted octanol–water partition coefficient (Wildman–Crippen LogP) is 1.84. The summed E-state index contributed by atoms with van der Waals surface area (Å²) in [5, 5.41) is 12.4. The molecule has 1 unspecified atom stereocenters. The number of carbonyl (C=O) groups is 1. The highest BCUT2D eigenvalue weighted by Crippen LogP contribution is 2.11. The van der Waals surface area contributed by atoms with E-state index in [4.69, 9.17) is 0 Å². The van der Waals surface area contributed by atoms with Crippen LogP contribution in [0.3, 0.4) is 0 Å². The van der Waals surface area contributed by atoms with E-state index >= 15 is 0 Å². The molecule has 0 bridgehead atoms. The van der Waals surface area contributed by atoms with E-state index in [0.29, 0.717) is 18.7 Å². The van der Waals surface area contributed by atoms with Crippen LogP contribution in [0.1, 0.15) is 11.1 Å². The number of hydrogen-bond donors (Lipinski definition) is 3. The van der Waals surface area contributed by atoms with Gasteiger partial charge in [0.15, 0.2) is 0 Å². The summed E-state index contributed by atoms with van der Waals surface area (Å²) >= 11 is 0. The lowest BCUT2D eigenvalue weighted by Crippen LogP contribution is -2.38. The molecule has 2 aromatic rings. The average molecular weight is 348 g/mol. The quantitative estimate of drug-likeness (QED) is 0.677. The molecule has 128 valence electrons. The summed E-state index contributed by atoms with van der Waals surface area (Å²) in [6.45, 7) is 0.378. The second kappa shape index (κ2) is 7.94. The van der Waals surface area contributed by atoms with Gasteiger partial charge in [-0.3, -0.25) is 9.52 Å². The molecule has 1 atom stereocenters. The lowest BCUT2D eigenvalue weighted by molar-refractivity contribution is -0.139. The molecule has 3 N–H and O–H groups in total. The standard InChI is InChI=1S/C17H20N2O4S/c1-24(22,23)19-15-9-7-14(8-10-15)12-18-16(17(20)21)11-13-5-3-2-4-6-13/h2-10,16,18-19H,11-12H2,1H3,(H,20,21). The number of aliphatic carboxylic acids is 1. The fourth-order valence-corrected chi connectivity index (χ4v) is 2.81. The third-order valence-electron chi connectivity index (χ3n) is 3.39. The lowest BCUT2D eigenvalue weighted by atomic mass is 10.1. The monoisotopic (exact) mass is 348 g/mol. The Bertz CT molecular complexity index is 774. The van der Waals surface area contributed by atoms with E-state index in [9.17, 15) is 18.3 Å². The van der Waals surface area contributed by atoms with Crippen molar-refractivity contribution in [2.45, 2.75) is 19.0 Å². The van der Waals surface area contributed by atoms with Crippen LogP contribution in [0, 0.1) is 0 Å². The molecule has 7 heteroatoms. The Balaban J connectivity index is 1.95. The Morgan fingerprint density at radius 3 is 2.21 bits per heavy atom. The Morgan fingerprint density at radius 2 is 1.67 bits per heavy atom. The highest BCUT2D eigenvalue weighted by Gasteiger charge is 2.17. The van der Waals surface area contributed by atoms with E-state index < -0.39 is 22.0 Å². The van der Waals surface area contributed by atoms with Crippen LogP contribution in [0.4, 0.5) is 5.69 Å². The minimum atomic E-state index is -3.30. The first-order chi connectivity index (χ1) is 11.3. The summed E-state index contributed by atoms with van der Waals surface area (Å²) in [4.78, 5) is 11.4. The SMILES string of the molecule is CS(=O)(=O)Nc1ccc(CNC(Cc2ccccc2)C(=O)O)cc1. The number of carboxylic acid groups (broad SMARTS) is 1. The second-order valence-electron chi connectivity index (χ2n) is 5.53. The number of benzene rings is 2. The van der Waals surface area contributed by atoms with Gasteiger partial charge in [-0.05, 0) is 29.7 Å². The summed E-state index contributed by atoms with van der Waals surface area (Å²) in [5.41, 5.74) is 2.29. The number of anilines is 1. The molecule has 24 heavy (non-hydrogen) atoms. The maximum atomic E-state index is 11.4. The number of rotatable bonds is 8. The van der Waals surface area contributed by atoms with Gasteiger partial charge in [-0.25, -0.2) is 8.42 Å². The number of hydrogen-bond acceptors (Lipinski definition) is 4. The summed E-state index contributed by atoms with van der Waals surface area (Å²) in [7, 11) is -3.30. The van der Waals surface area contributed by atoms with Crippen molar-refractivity contribution < 1.29 is 18.3 Å². The maximum absolute atomic E-state index is 11.4. The van der Waals surface area contributed by atoms with Gasteiger partial charge in [0, 0.05) is 12.2 Å². The molecule has 0 amide bonds. The van der Waals surface area contributed by atoms with E-state index in [1.165, 1.54) is 0 Å². The fourth-order valence-electron chi connectivity index (χ4n) is 2.24. The number of nitrogens with one attached hydrogen (secondary N) is 2. The van der Waals surface area contributed by atoms with Gasteiger partial charge in [-0.2, -0.15) is 0 Å². The summed E-state index contributed by atoms with van der Waals surface area (Å²) in [5.74, 6) is -0.908. The van der Waals surface area contributed by atoms with E-state index in [-0.39, 0.29) is 0 Å². The topological polar surface area (TPSA) is 95.5 Å². The van der Waals surface area contributed by atoms with Gasteiger partial charge in [-0.1, -0.05) is 42.5 Å².